The lowest BCUT2D eigenvalue weighted by Gasteiger charge is -2.15. The first-order chi connectivity index (χ1) is 31.6. The van der Waals surface area contributed by atoms with Gasteiger partial charge >= 0.3 is 0 Å². The number of hydrogen-bond acceptors (Lipinski definition) is 16. The van der Waals surface area contributed by atoms with Gasteiger partial charge < -0.3 is 39.5 Å². The molecule has 0 saturated heterocycles. The number of aromatic nitrogens is 12. The maximum Gasteiger partial charge on any atom is 0.276 e. The number of anilines is 2. The number of halogens is 2. The van der Waals surface area contributed by atoms with E-state index in [0.29, 0.717) is 28.4 Å². The zero-order chi connectivity index (χ0) is 47.1. The van der Waals surface area contributed by atoms with Gasteiger partial charge in [-0.1, -0.05) is 11.6 Å². The van der Waals surface area contributed by atoms with Gasteiger partial charge in [-0.3, -0.25) is 19.0 Å². The molecular formula is C44H42ClFN14O6. The molecule has 22 heteroatoms. The van der Waals surface area contributed by atoms with Gasteiger partial charge in [0, 0.05) is 80.3 Å². The molecule has 20 nitrogen and oxygen atoms in total. The van der Waals surface area contributed by atoms with Crippen LogP contribution in [0.4, 0.5) is 16.0 Å². The van der Waals surface area contributed by atoms with E-state index in [0.717, 1.165) is 11.3 Å². The normalized spacial score (nSPS) is 11.2. The van der Waals surface area contributed by atoms with E-state index >= 15 is 4.39 Å². The summed E-state index contributed by atoms with van der Waals surface area (Å²) in [5.41, 5.74) is 16.1. The molecule has 0 spiro atoms. The number of benzene rings is 2. The summed E-state index contributed by atoms with van der Waals surface area (Å²) in [5.74, 6) is 0.0555. The van der Waals surface area contributed by atoms with Gasteiger partial charge in [-0.15, -0.1) is 0 Å². The van der Waals surface area contributed by atoms with Crippen molar-refractivity contribution >= 4 is 23.2 Å². The van der Waals surface area contributed by atoms with Crippen LogP contribution in [0, 0.1) is 19.7 Å². The minimum Gasteiger partial charge on any atom is -0.497 e. The van der Waals surface area contributed by atoms with Crippen LogP contribution < -0.4 is 41.5 Å². The van der Waals surface area contributed by atoms with Gasteiger partial charge in [-0.25, -0.2) is 34.3 Å². The van der Waals surface area contributed by atoms with Gasteiger partial charge in [0.15, 0.2) is 23.2 Å². The second-order valence-electron chi connectivity index (χ2n) is 15.0. The lowest BCUT2D eigenvalue weighted by molar-refractivity contribution is 0.289. The van der Waals surface area contributed by atoms with Crippen LogP contribution in [0.15, 0.2) is 71.0 Å². The summed E-state index contributed by atoms with van der Waals surface area (Å²) in [6, 6.07) is 5.92. The zero-order valence-electron chi connectivity index (χ0n) is 36.9. The average molecular weight is 917 g/mol. The molecule has 4 N–H and O–H groups in total. The predicted molar refractivity (Wildman–Crippen MR) is 244 cm³/mol. The Kier molecular flexibility index (Phi) is 11.9. The highest BCUT2D eigenvalue weighted by Crippen LogP contribution is 2.39. The SMILES string of the molecule is COc1cc(OC)c(F)c(-c2nc(-c3nc(-c4cn(CCOc5cc(OC)cc(-c6nc(-c7nc(-c8cn(C)nc8C)cnc7N)cn(C)c6=O)c5Cl)nc4C)cnc3N)cn(C)c2=O)c1. The Labute approximate surface area is 380 Å². The summed E-state index contributed by atoms with van der Waals surface area (Å²) < 4.78 is 43.8. The Bertz CT molecular complexity index is 3330. The van der Waals surface area contributed by atoms with Crippen molar-refractivity contribution in [2.75, 3.05) is 39.4 Å². The molecular weight excluding hydrogens is 875 g/mol. The van der Waals surface area contributed by atoms with E-state index in [1.807, 2.05) is 20.2 Å². The Morgan fingerprint density at radius 2 is 1.12 bits per heavy atom. The van der Waals surface area contributed by atoms with Crippen LogP contribution in [0.3, 0.4) is 0 Å². The monoisotopic (exact) mass is 916 g/mol. The molecule has 6 aromatic heterocycles. The molecule has 66 heavy (non-hydrogen) atoms. The third-order valence-electron chi connectivity index (χ3n) is 10.5. The van der Waals surface area contributed by atoms with Crippen molar-refractivity contribution in [2.45, 2.75) is 20.4 Å². The molecule has 0 amide bonds. The molecule has 0 aliphatic rings. The summed E-state index contributed by atoms with van der Waals surface area (Å²) in [4.78, 5) is 54.5. The molecule has 0 radical (unpaired) electrons. The van der Waals surface area contributed by atoms with Gasteiger partial charge in [0.25, 0.3) is 11.1 Å². The summed E-state index contributed by atoms with van der Waals surface area (Å²) in [6.45, 7) is 4.00. The van der Waals surface area contributed by atoms with Crippen LogP contribution in [0.25, 0.3) is 67.8 Å². The van der Waals surface area contributed by atoms with Gasteiger partial charge in [-0.05, 0) is 26.0 Å². The first kappa shape index (κ1) is 44.4. The van der Waals surface area contributed by atoms with Crippen molar-refractivity contribution < 1.29 is 23.3 Å². The molecule has 0 unspecified atom stereocenters. The van der Waals surface area contributed by atoms with Crippen molar-refractivity contribution in [3.05, 3.63) is 104 Å². The van der Waals surface area contributed by atoms with Crippen LogP contribution in [-0.4, -0.2) is 86.5 Å². The van der Waals surface area contributed by atoms with Crippen molar-refractivity contribution in [3.8, 4) is 90.8 Å². The molecule has 338 valence electrons. The van der Waals surface area contributed by atoms with Crippen molar-refractivity contribution in [3.63, 3.8) is 0 Å². The van der Waals surface area contributed by atoms with Gasteiger partial charge in [0.2, 0.25) is 0 Å². The Morgan fingerprint density at radius 3 is 1.65 bits per heavy atom. The first-order valence-corrected chi connectivity index (χ1v) is 20.4. The van der Waals surface area contributed by atoms with E-state index < -0.39 is 16.9 Å². The van der Waals surface area contributed by atoms with Gasteiger partial charge in [0.1, 0.15) is 58.0 Å². The molecule has 2 aromatic carbocycles. The third-order valence-corrected chi connectivity index (χ3v) is 10.9. The number of nitrogens with zero attached hydrogens (tertiary/aromatic N) is 12. The quantitative estimate of drug-likeness (QED) is 0.153. The highest BCUT2D eigenvalue weighted by Gasteiger charge is 2.24. The van der Waals surface area contributed by atoms with Crippen molar-refractivity contribution in [1.29, 1.82) is 0 Å². The van der Waals surface area contributed by atoms with E-state index in [2.05, 4.69) is 25.1 Å². The topological polar surface area (TPSA) is 246 Å². The number of aryl methyl sites for hydroxylation is 5. The fraction of sp³-hybridized carbons (Fsp3) is 0.227. The minimum absolute atomic E-state index is 0.000992. The largest absolute Gasteiger partial charge is 0.497 e. The van der Waals surface area contributed by atoms with E-state index in [1.54, 1.807) is 47.9 Å². The molecule has 0 fully saturated rings. The summed E-state index contributed by atoms with van der Waals surface area (Å²) in [5, 5.41) is 9.17. The smallest absolute Gasteiger partial charge is 0.276 e. The second-order valence-corrected chi connectivity index (χ2v) is 15.4. The standard InChI is InChI=1S/C44H42ClFN14O6/c1-21-27(17-59(5)55-21)29-15-49-41(47)39(51-29)31-19-57(3)43(61)37(53-31)25-11-23(63-6)13-33(35(25)45)66-10-9-60-18-28(22(2)56-60)30-16-50-42(48)40(52-30)32-20-58(4)44(62)38(54-32)26-12-24(64-7)14-34(65-8)36(26)46/h11-20H,9-10H2,1-8H3,(H2,47,49)(H2,48,50). The molecule has 6 heterocycles. The van der Waals surface area contributed by atoms with E-state index in [-0.39, 0.29) is 92.3 Å². The highest BCUT2D eigenvalue weighted by molar-refractivity contribution is 6.34. The lowest BCUT2D eigenvalue weighted by Crippen LogP contribution is -2.21. The molecule has 0 bridgehead atoms. The molecule has 0 atom stereocenters. The van der Waals surface area contributed by atoms with E-state index in [4.69, 9.17) is 57.0 Å². The average Bonchev–Trinajstić information content (AvgIpc) is 3.85. The fourth-order valence-electron chi connectivity index (χ4n) is 7.19. The van der Waals surface area contributed by atoms with Crippen LogP contribution in [0.2, 0.25) is 5.02 Å². The van der Waals surface area contributed by atoms with Gasteiger partial charge in [0.05, 0.1) is 68.1 Å². The van der Waals surface area contributed by atoms with Crippen LogP contribution in [0.5, 0.6) is 23.0 Å². The molecule has 0 aliphatic heterocycles. The number of nitrogen functional groups attached to an aromatic ring is 2. The molecule has 8 rings (SSSR count). The van der Waals surface area contributed by atoms with Crippen molar-refractivity contribution in [1.82, 2.24) is 58.6 Å². The maximum atomic E-state index is 15.6. The molecule has 0 saturated carbocycles. The Morgan fingerprint density at radius 1 is 0.621 bits per heavy atom. The van der Waals surface area contributed by atoms with Crippen LogP contribution in [-0.2, 0) is 27.7 Å². The summed E-state index contributed by atoms with van der Waals surface area (Å²) >= 11 is 6.99. The molecule has 8 aromatic rings. The summed E-state index contributed by atoms with van der Waals surface area (Å²) in [6.07, 6.45) is 9.59. The lowest BCUT2D eigenvalue weighted by atomic mass is 10.1. The van der Waals surface area contributed by atoms with E-state index in [1.165, 1.54) is 68.2 Å². The molecule has 0 aliphatic carbocycles. The number of rotatable bonds is 13. The van der Waals surface area contributed by atoms with Crippen LogP contribution >= 0.6 is 11.6 Å². The minimum atomic E-state index is -0.793. The van der Waals surface area contributed by atoms with Crippen molar-refractivity contribution in [2.24, 2.45) is 21.1 Å². The van der Waals surface area contributed by atoms with Crippen LogP contribution in [0.1, 0.15) is 11.4 Å². The number of nitrogens with two attached hydrogens (primary N) is 2. The Balaban J connectivity index is 1.06. The number of hydrogen-bond donors (Lipinski definition) is 2. The number of ether oxygens (including phenoxy) is 4. The highest BCUT2D eigenvalue weighted by atomic mass is 35.5. The zero-order valence-corrected chi connectivity index (χ0v) is 37.7. The first-order valence-electron chi connectivity index (χ1n) is 20.0. The maximum absolute atomic E-state index is 15.6. The third kappa shape index (κ3) is 8.33. The van der Waals surface area contributed by atoms with Gasteiger partial charge in [-0.2, -0.15) is 10.2 Å². The number of methoxy groups -OCH3 is 3. The Hall–Kier alpha value is -8.20. The van der Waals surface area contributed by atoms with E-state index in [9.17, 15) is 9.59 Å². The predicted octanol–water partition coefficient (Wildman–Crippen LogP) is 5.06. The second kappa shape index (κ2) is 17.8. The fourth-order valence-corrected chi connectivity index (χ4v) is 7.44. The summed E-state index contributed by atoms with van der Waals surface area (Å²) in [7, 11) is 9.09.